The van der Waals surface area contributed by atoms with Gasteiger partial charge in [0.2, 0.25) is 0 Å². The van der Waals surface area contributed by atoms with Gasteiger partial charge in [-0.3, -0.25) is 4.79 Å². The Morgan fingerprint density at radius 3 is 2.77 bits per heavy atom. The number of ether oxygens (including phenoxy) is 1. The molecule has 1 heterocycles. The Kier molecular flexibility index (Phi) is 3.72. The summed E-state index contributed by atoms with van der Waals surface area (Å²) in [6.07, 6.45) is 3.72. The first-order chi connectivity index (χ1) is 6.25. The second-order valence-electron chi connectivity index (χ2n) is 3.60. The first-order valence-electron chi connectivity index (χ1n) is 5.17. The SMILES string of the molecule is CCCOC(=O)C1(CC)CCCN1. The van der Waals surface area contributed by atoms with Crippen molar-refractivity contribution in [3.05, 3.63) is 0 Å². The highest BCUT2D eigenvalue weighted by Crippen LogP contribution is 2.24. The van der Waals surface area contributed by atoms with Crippen molar-refractivity contribution in [1.29, 1.82) is 0 Å². The number of carbonyl (C=O) groups is 1. The van der Waals surface area contributed by atoms with Gasteiger partial charge in [-0.1, -0.05) is 13.8 Å². The molecule has 1 saturated heterocycles. The van der Waals surface area contributed by atoms with Crippen LogP contribution in [-0.4, -0.2) is 24.7 Å². The van der Waals surface area contributed by atoms with Gasteiger partial charge in [-0.25, -0.2) is 0 Å². The molecule has 76 valence electrons. The Labute approximate surface area is 79.8 Å². The summed E-state index contributed by atoms with van der Waals surface area (Å²) in [4.78, 5) is 11.7. The summed E-state index contributed by atoms with van der Waals surface area (Å²) in [5.74, 6) is -0.0608. The molecule has 1 N–H and O–H groups in total. The zero-order valence-electron chi connectivity index (χ0n) is 8.56. The molecule has 0 aromatic rings. The van der Waals surface area contributed by atoms with Crippen molar-refractivity contribution in [1.82, 2.24) is 5.32 Å². The maximum absolute atomic E-state index is 11.7. The first-order valence-corrected chi connectivity index (χ1v) is 5.17. The topological polar surface area (TPSA) is 38.3 Å². The van der Waals surface area contributed by atoms with Crippen LogP contribution in [0.25, 0.3) is 0 Å². The van der Waals surface area contributed by atoms with Crippen molar-refractivity contribution in [2.45, 2.75) is 45.1 Å². The predicted molar refractivity (Wildman–Crippen MR) is 51.5 cm³/mol. The Balaban J connectivity index is 2.49. The molecule has 0 amide bonds. The number of hydrogen-bond donors (Lipinski definition) is 1. The van der Waals surface area contributed by atoms with Crippen LogP contribution >= 0.6 is 0 Å². The molecule has 3 heteroatoms. The zero-order valence-corrected chi connectivity index (χ0v) is 8.56. The van der Waals surface area contributed by atoms with E-state index in [9.17, 15) is 4.79 Å². The molecule has 13 heavy (non-hydrogen) atoms. The average molecular weight is 185 g/mol. The molecule has 1 fully saturated rings. The first kappa shape index (κ1) is 10.5. The summed E-state index contributed by atoms with van der Waals surface area (Å²) in [6, 6.07) is 0. The van der Waals surface area contributed by atoms with E-state index < -0.39 is 0 Å². The minimum absolute atomic E-state index is 0.0608. The lowest BCUT2D eigenvalue weighted by atomic mass is 9.94. The van der Waals surface area contributed by atoms with Gasteiger partial charge >= 0.3 is 5.97 Å². The molecule has 0 spiro atoms. The van der Waals surface area contributed by atoms with Crippen LogP contribution in [0.15, 0.2) is 0 Å². The predicted octanol–water partition coefficient (Wildman–Crippen LogP) is 1.47. The smallest absolute Gasteiger partial charge is 0.326 e. The van der Waals surface area contributed by atoms with Crippen LogP contribution in [0.1, 0.15) is 39.5 Å². The van der Waals surface area contributed by atoms with Gasteiger partial charge in [0.25, 0.3) is 0 Å². The Hall–Kier alpha value is -0.570. The fraction of sp³-hybridized carbons (Fsp3) is 0.900. The van der Waals surface area contributed by atoms with E-state index in [1.807, 2.05) is 13.8 Å². The van der Waals surface area contributed by atoms with Crippen molar-refractivity contribution in [2.24, 2.45) is 0 Å². The molecule has 0 aliphatic carbocycles. The summed E-state index contributed by atoms with van der Waals surface area (Å²) in [5.41, 5.74) is -0.366. The molecule has 0 bridgehead atoms. The van der Waals surface area contributed by atoms with E-state index >= 15 is 0 Å². The van der Waals surface area contributed by atoms with Crippen molar-refractivity contribution < 1.29 is 9.53 Å². The number of esters is 1. The molecule has 1 aliphatic heterocycles. The Morgan fingerprint density at radius 1 is 1.54 bits per heavy atom. The Bertz CT molecular complexity index is 174. The van der Waals surface area contributed by atoms with Gasteiger partial charge in [0, 0.05) is 0 Å². The summed E-state index contributed by atoms with van der Waals surface area (Å²) >= 11 is 0. The third-order valence-electron chi connectivity index (χ3n) is 2.68. The van der Waals surface area contributed by atoms with Crippen LogP contribution in [0.2, 0.25) is 0 Å². The second-order valence-corrected chi connectivity index (χ2v) is 3.60. The van der Waals surface area contributed by atoms with Crippen LogP contribution in [0.3, 0.4) is 0 Å². The number of nitrogens with one attached hydrogen (secondary N) is 1. The van der Waals surface area contributed by atoms with Gasteiger partial charge < -0.3 is 10.1 Å². The van der Waals surface area contributed by atoms with Crippen molar-refractivity contribution in [2.75, 3.05) is 13.2 Å². The fourth-order valence-corrected chi connectivity index (χ4v) is 1.76. The Morgan fingerprint density at radius 2 is 2.31 bits per heavy atom. The molecule has 0 aromatic carbocycles. The number of hydrogen-bond acceptors (Lipinski definition) is 3. The maximum atomic E-state index is 11.7. The third-order valence-corrected chi connectivity index (χ3v) is 2.68. The lowest BCUT2D eigenvalue weighted by molar-refractivity contribution is -0.151. The maximum Gasteiger partial charge on any atom is 0.326 e. The highest BCUT2D eigenvalue weighted by molar-refractivity contribution is 5.81. The van der Waals surface area contributed by atoms with Crippen LogP contribution in [0.4, 0.5) is 0 Å². The quantitative estimate of drug-likeness (QED) is 0.674. The lowest BCUT2D eigenvalue weighted by Gasteiger charge is -2.25. The molecule has 0 saturated carbocycles. The van der Waals surface area contributed by atoms with E-state index in [0.717, 1.165) is 32.2 Å². The molecule has 0 radical (unpaired) electrons. The molecule has 3 nitrogen and oxygen atoms in total. The summed E-state index contributed by atoms with van der Waals surface area (Å²) < 4.78 is 5.17. The molecule has 1 unspecified atom stereocenters. The minimum Gasteiger partial charge on any atom is -0.464 e. The molecule has 0 aromatic heterocycles. The molecule has 1 rings (SSSR count). The van der Waals surface area contributed by atoms with E-state index in [2.05, 4.69) is 5.32 Å². The largest absolute Gasteiger partial charge is 0.464 e. The van der Waals surface area contributed by atoms with E-state index in [0.29, 0.717) is 6.61 Å². The zero-order chi connectivity index (χ0) is 9.73. The molecule has 1 aliphatic rings. The highest BCUT2D eigenvalue weighted by Gasteiger charge is 2.40. The minimum atomic E-state index is -0.366. The second kappa shape index (κ2) is 4.61. The third kappa shape index (κ3) is 2.21. The van der Waals surface area contributed by atoms with Gasteiger partial charge in [0.05, 0.1) is 6.61 Å². The molecular formula is C10H19NO2. The van der Waals surface area contributed by atoms with Gasteiger partial charge in [0.15, 0.2) is 0 Å². The van der Waals surface area contributed by atoms with E-state index in [1.54, 1.807) is 0 Å². The number of carbonyl (C=O) groups excluding carboxylic acids is 1. The lowest BCUT2D eigenvalue weighted by Crippen LogP contribution is -2.48. The monoisotopic (exact) mass is 185 g/mol. The standard InChI is InChI=1S/C10H19NO2/c1-3-8-13-9(12)10(4-2)6-5-7-11-10/h11H,3-8H2,1-2H3. The van der Waals surface area contributed by atoms with Crippen LogP contribution < -0.4 is 5.32 Å². The van der Waals surface area contributed by atoms with Crippen LogP contribution in [0.5, 0.6) is 0 Å². The normalized spacial score (nSPS) is 27.5. The average Bonchev–Trinajstić information content (AvgIpc) is 2.63. The van der Waals surface area contributed by atoms with Gasteiger partial charge in [-0.15, -0.1) is 0 Å². The molecular weight excluding hydrogens is 166 g/mol. The van der Waals surface area contributed by atoms with Gasteiger partial charge in [-0.05, 0) is 32.2 Å². The van der Waals surface area contributed by atoms with Crippen LogP contribution in [0, 0.1) is 0 Å². The van der Waals surface area contributed by atoms with Crippen molar-refractivity contribution in [3.8, 4) is 0 Å². The van der Waals surface area contributed by atoms with Gasteiger partial charge in [-0.2, -0.15) is 0 Å². The van der Waals surface area contributed by atoms with E-state index in [-0.39, 0.29) is 11.5 Å². The van der Waals surface area contributed by atoms with E-state index in [4.69, 9.17) is 4.74 Å². The van der Waals surface area contributed by atoms with Crippen molar-refractivity contribution in [3.63, 3.8) is 0 Å². The summed E-state index contributed by atoms with van der Waals surface area (Å²) in [6.45, 7) is 5.52. The summed E-state index contributed by atoms with van der Waals surface area (Å²) in [5, 5.41) is 3.25. The fourth-order valence-electron chi connectivity index (χ4n) is 1.76. The summed E-state index contributed by atoms with van der Waals surface area (Å²) in [7, 11) is 0. The van der Waals surface area contributed by atoms with Crippen molar-refractivity contribution >= 4 is 5.97 Å². The van der Waals surface area contributed by atoms with E-state index in [1.165, 1.54) is 0 Å². The highest BCUT2D eigenvalue weighted by atomic mass is 16.5. The van der Waals surface area contributed by atoms with Gasteiger partial charge in [0.1, 0.15) is 5.54 Å². The molecule has 1 atom stereocenters. The van der Waals surface area contributed by atoms with Crippen LogP contribution in [-0.2, 0) is 9.53 Å². The number of rotatable bonds is 4.